The van der Waals surface area contributed by atoms with E-state index in [2.05, 4.69) is 26.1 Å². The fraction of sp³-hybridized carbons (Fsp3) is 0.333. The monoisotopic (exact) mass is 347 g/mol. The minimum atomic E-state index is -0.360. The van der Waals surface area contributed by atoms with Gasteiger partial charge in [0.2, 0.25) is 0 Å². The summed E-state index contributed by atoms with van der Waals surface area (Å²) in [5.74, 6) is 0.907. The van der Waals surface area contributed by atoms with E-state index in [0.29, 0.717) is 34.8 Å². The van der Waals surface area contributed by atoms with Gasteiger partial charge < -0.3 is 9.30 Å². The summed E-state index contributed by atoms with van der Waals surface area (Å²) in [6.45, 7) is 1.00. The molecule has 0 radical (unpaired) electrons. The third-order valence-corrected chi connectivity index (χ3v) is 3.37. The van der Waals surface area contributed by atoms with Crippen molar-refractivity contribution in [1.29, 1.82) is 0 Å². The van der Waals surface area contributed by atoms with E-state index in [-0.39, 0.29) is 11.7 Å². The zero-order chi connectivity index (χ0) is 13.8. The summed E-state index contributed by atoms with van der Waals surface area (Å²) in [7, 11) is 1.60. The molecule has 7 heteroatoms. The molecular formula is C12H12BrClFN3O. The van der Waals surface area contributed by atoms with Crippen molar-refractivity contribution in [3.63, 3.8) is 0 Å². The average Bonchev–Trinajstić information content (AvgIpc) is 2.79. The number of rotatable bonds is 5. The maximum Gasteiger partial charge on any atom is 0.167 e. The minimum absolute atomic E-state index is 0.217. The molecule has 1 aromatic heterocycles. The van der Waals surface area contributed by atoms with Crippen LogP contribution in [0.5, 0.6) is 0 Å². The van der Waals surface area contributed by atoms with Crippen molar-refractivity contribution >= 4 is 27.5 Å². The van der Waals surface area contributed by atoms with Gasteiger partial charge in [0.15, 0.2) is 5.82 Å². The molecule has 0 atom stereocenters. The molecule has 0 bridgehead atoms. The molecule has 0 aliphatic heterocycles. The molecular weight excluding hydrogens is 337 g/mol. The fourth-order valence-electron chi connectivity index (χ4n) is 1.72. The van der Waals surface area contributed by atoms with E-state index in [1.165, 1.54) is 6.07 Å². The first-order chi connectivity index (χ1) is 9.17. The first kappa shape index (κ1) is 14.4. The number of alkyl halides is 1. The van der Waals surface area contributed by atoms with E-state index in [4.69, 9.17) is 16.3 Å². The van der Waals surface area contributed by atoms with Gasteiger partial charge in [-0.2, -0.15) is 0 Å². The van der Waals surface area contributed by atoms with Crippen LogP contribution in [0.25, 0.3) is 11.4 Å². The molecule has 1 heterocycles. The molecule has 0 N–H and O–H groups in total. The molecule has 0 spiro atoms. The van der Waals surface area contributed by atoms with Gasteiger partial charge in [0.1, 0.15) is 11.6 Å². The Morgan fingerprint density at radius 3 is 2.84 bits per heavy atom. The largest absolute Gasteiger partial charge is 0.383 e. The standard InChI is InChI=1S/C12H12BrClFN3O/c1-19-5-4-18-11(7-14)16-17-12(18)9-3-2-8(13)6-10(9)15/h2-3,6H,4-5,7H2,1H3. The third-order valence-electron chi connectivity index (χ3n) is 2.64. The average molecular weight is 349 g/mol. The molecule has 0 aliphatic carbocycles. The zero-order valence-corrected chi connectivity index (χ0v) is 12.6. The molecule has 0 unspecified atom stereocenters. The molecule has 4 nitrogen and oxygen atoms in total. The van der Waals surface area contributed by atoms with E-state index in [1.807, 2.05) is 0 Å². The van der Waals surface area contributed by atoms with Crippen LogP contribution < -0.4 is 0 Å². The van der Waals surface area contributed by atoms with Crippen LogP contribution in [-0.2, 0) is 17.2 Å². The predicted molar refractivity (Wildman–Crippen MR) is 74.5 cm³/mol. The Kier molecular flexibility index (Phi) is 4.90. The number of hydrogen-bond acceptors (Lipinski definition) is 3. The Hall–Kier alpha value is -0.980. The topological polar surface area (TPSA) is 39.9 Å². The molecule has 19 heavy (non-hydrogen) atoms. The SMILES string of the molecule is COCCn1c(CCl)nnc1-c1ccc(Br)cc1F. The number of benzene rings is 1. The van der Waals surface area contributed by atoms with Crippen LogP contribution in [0.3, 0.4) is 0 Å². The lowest BCUT2D eigenvalue weighted by Gasteiger charge is -2.09. The highest BCUT2D eigenvalue weighted by molar-refractivity contribution is 9.10. The van der Waals surface area contributed by atoms with Crippen molar-refractivity contribution in [2.45, 2.75) is 12.4 Å². The summed E-state index contributed by atoms with van der Waals surface area (Å²) >= 11 is 9.04. The summed E-state index contributed by atoms with van der Waals surface area (Å²) in [5, 5.41) is 7.99. The Balaban J connectivity index is 2.46. The van der Waals surface area contributed by atoms with Crippen LogP contribution in [0.15, 0.2) is 22.7 Å². The summed E-state index contributed by atoms with van der Waals surface area (Å²) < 4.78 is 21.5. The molecule has 2 rings (SSSR count). The van der Waals surface area contributed by atoms with Crippen LogP contribution >= 0.6 is 27.5 Å². The quantitative estimate of drug-likeness (QED) is 0.779. The van der Waals surface area contributed by atoms with Crippen molar-refractivity contribution in [2.24, 2.45) is 0 Å². The lowest BCUT2D eigenvalue weighted by molar-refractivity contribution is 0.187. The number of nitrogens with zero attached hydrogens (tertiary/aromatic N) is 3. The highest BCUT2D eigenvalue weighted by Crippen LogP contribution is 2.25. The molecule has 2 aromatic rings. The molecule has 0 aliphatic rings. The number of hydrogen-bond donors (Lipinski definition) is 0. The van der Waals surface area contributed by atoms with E-state index in [0.717, 1.165) is 0 Å². The predicted octanol–water partition coefficient (Wildman–Crippen LogP) is 3.23. The Morgan fingerprint density at radius 2 is 2.21 bits per heavy atom. The van der Waals surface area contributed by atoms with Crippen LogP contribution in [-0.4, -0.2) is 28.5 Å². The van der Waals surface area contributed by atoms with E-state index in [1.54, 1.807) is 23.8 Å². The van der Waals surface area contributed by atoms with Crippen LogP contribution in [0, 0.1) is 5.82 Å². The summed E-state index contributed by atoms with van der Waals surface area (Å²) in [6.07, 6.45) is 0. The first-order valence-corrected chi connectivity index (χ1v) is 6.92. The Labute approximate surface area is 123 Å². The van der Waals surface area contributed by atoms with Crippen molar-refractivity contribution in [3.8, 4) is 11.4 Å². The van der Waals surface area contributed by atoms with Crippen LogP contribution in [0.2, 0.25) is 0 Å². The van der Waals surface area contributed by atoms with E-state index in [9.17, 15) is 4.39 Å². The Bertz CT molecular complexity index is 576. The summed E-state index contributed by atoms with van der Waals surface area (Å²) in [6, 6.07) is 4.81. The number of methoxy groups -OCH3 is 1. The highest BCUT2D eigenvalue weighted by Gasteiger charge is 2.16. The highest BCUT2D eigenvalue weighted by atomic mass is 79.9. The second-order valence-electron chi connectivity index (χ2n) is 3.84. The van der Waals surface area contributed by atoms with Gasteiger partial charge in [-0.25, -0.2) is 4.39 Å². The second-order valence-corrected chi connectivity index (χ2v) is 5.03. The maximum absolute atomic E-state index is 14.0. The molecule has 1 aromatic carbocycles. The normalized spacial score (nSPS) is 10.9. The van der Waals surface area contributed by atoms with Crippen molar-refractivity contribution in [2.75, 3.05) is 13.7 Å². The Morgan fingerprint density at radius 1 is 1.42 bits per heavy atom. The van der Waals surface area contributed by atoms with Gasteiger partial charge in [0, 0.05) is 18.1 Å². The van der Waals surface area contributed by atoms with Gasteiger partial charge in [-0.3, -0.25) is 0 Å². The first-order valence-electron chi connectivity index (χ1n) is 5.59. The molecule has 0 saturated heterocycles. The molecule has 0 saturated carbocycles. The minimum Gasteiger partial charge on any atom is -0.383 e. The number of halogens is 3. The van der Waals surface area contributed by atoms with Gasteiger partial charge >= 0.3 is 0 Å². The molecule has 0 amide bonds. The zero-order valence-electron chi connectivity index (χ0n) is 10.2. The summed E-state index contributed by atoms with van der Waals surface area (Å²) in [4.78, 5) is 0. The van der Waals surface area contributed by atoms with E-state index >= 15 is 0 Å². The van der Waals surface area contributed by atoms with Gasteiger partial charge in [0.25, 0.3) is 0 Å². The summed E-state index contributed by atoms with van der Waals surface area (Å²) in [5.41, 5.74) is 0.392. The lowest BCUT2D eigenvalue weighted by atomic mass is 10.2. The number of aromatic nitrogens is 3. The fourth-order valence-corrected chi connectivity index (χ4v) is 2.25. The van der Waals surface area contributed by atoms with Crippen molar-refractivity contribution in [3.05, 3.63) is 34.3 Å². The third kappa shape index (κ3) is 3.13. The van der Waals surface area contributed by atoms with Gasteiger partial charge in [0.05, 0.1) is 18.1 Å². The van der Waals surface area contributed by atoms with Crippen molar-refractivity contribution in [1.82, 2.24) is 14.8 Å². The molecule has 0 fully saturated rings. The van der Waals surface area contributed by atoms with Gasteiger partial charge in [-0.05, 0) is 18.2 Å². The lowest BCUT2D eigenvalue weighted by Crippen LogP contribution is -2.09. The van der Waals surface area contributed by atoms with Crippen LogP contribution in [0.4, 0.5) is 4.39 Å². The van der Waals surface area contributed by atoms with Crippen molar-refractivity contribution < 1.29 is 9.13 Å². The van der Waals surface area contributed by atoms with Gasteiger partial charge in [-0.1, -0.05) is 15.9 Å². The van der Waals surface area contributed by atoms with Gasteiger partial charge in [-0.15, -0.1) is 21.8 Å². The second kappa shape index (κ2) is 6.45. The van der Waals surface area contributed by atoms with E-state index < -0.39 is 0 Å². The maximum atomic E-state index is 14.0. The van der Waals surface area contributed by atoms with Crippen LogP contribution in [0.1, 0.15) is 5.82 Å². The smallest absolute Gasteiger partial charge is 0.167 e. The molecule has 102 valence electrons. The number of ether oxygens (including phenoxy) is 1.